The highest BCUT2D eigenvalue weighted by Gasteiger charge is 2.28. The lowest BCUT2D eigenvalue weighted by molar-refractivity contribution is -0.0103. The number of benzene rings is 1. The SMILES string of the molecule is CCCC(C)OC(C)C1CCc2ccccc21. The van der Waals surface area contributed by atoms with E-state index in [4.69, 9.17) is 4.74 Å². The molecule has 1 heteroatoms. The predicted molar refractivity (Wildman–Crippen MR) is 72.4 cm³/mol. The summed E-state index contributed by atoms with van der Waals surface area (Å²) in [6.45, 7) is 6.65. The van der Waals surface area contributed by atoms with Gasteiger partial charge in [0, 0.05) is 5.92 Å². The van der Waals surface area contributed by atoms with E-state index in [0.29, 0.717) is 18.1 Å². The van der Waals surface area contributed by atoms with Gasteiger partial charge < -0.3 is 4.74 Å². The maximum atomic E-state index is 6.13. The summed E-state index contributed by atoms with van der Waals surface area (Å²) in [6, 6.07) is 8.83. The molecule has 3 unspecified atom stereocenters. The van der Waals surface area contributed by atoms with Crippen molar-refractivity contribution in [2.24, 2.45) is 0 Å². The van der Waals surface area contributed by atoms with E-state index in [9.17, 15) is 0 Å². The van der Waals surface area contributed by atoms with Crippen molar-refractivity contribution in [3.05, 3.63) is 35.4 Å². The zero-order valence-electron chi connectivity index (χ0n) is 11.3. The minimum Gasteiger partial charge on any atom is -0.375 e. The zero-order chi connectivity index (χ0) is 12.3. The summed E-state index contributed by atoms with van der Waals surface area (Å²) in [5.74, 6) is 0.602. The molecule has 0 bridgehead atoms. The van der Waals surface area contributed by atoms with Crippen LogP contribution in [0.5, 0.6) is 0 Å². The van der Waals surface area contributed by atoms with Crippen molar-refractivity contribution in [2.45, 2.75) is 64.6 Å². The van der Waals surface area contributed by atoms with Crippen LogP contribution in [0.2, 0.25) is 0 Å². The Morgan fingerprint density at radius 1 is 1.29 bits per heavy atom. The number of aryl methyl sites for hydroxylation is 1. The molecule has 0 saturated carbocycles. The monoisotopic (exact) mass is 232 g/mol. The molecule has 1 aromatic rings. The molecule has 3 atom stereocenters. The van der Waals surface area contributed by atoms with Gasteiger partial charge in [0.25, 0.3) is 0 Å². The average Bonchev–Trinajstić information content (AvgIpc) is 2.72. The molecule has 1 aliphatic carbocycles. The summed E-state index contributed by atoms with van der Waals surface area (Å²) >= 11 is 0. The molecule has 0 saturated heterocycles. The fraction of sp³-hybridized carbons (Fsp3) is 0.625. The molecule has 1 nitrogen and oxygen atoms in total. The predicted octanol–water partition coefficient (Wildman–Crippen LogP) is 4.31. The van der Waals surface area contributed by atoms with E-state index >= 15 is 0 Å². The van der Waals surface area contributed by atoms with Crippen molar-refractivity contribution in [3.63, 3.8) is 0 Å². The summed E-state index contributed by atoms with van der Waals surface area (Å²) < 4.78 is 6.13. The van der Waals surface area contributed by atoms with Gasteiger partial charge in [-0.05, 0) is 44.2 Å². The molecule has 0 N–H and O–H groups in total. The second kappa shape index (κ2) is 5.68. The summed E-state index contributed by atoms with van der Waals surface area (Å²) in [5.41, 5.74) is 3.04. The van der Waals surface area contributed by atoms with Gasteiger partial charge in [-0.25, -0.2) is 0 Å². The van der Waals surface area contributed by atoms with Crippen molar-refractivity contribution >= 4 is 0 Å². The second-order valence-electron chi connectivity index (χ2n) is 5.28. The van der Waals surface area contributed by atoms with Crippen molar-refractivity contribution in [1.82, 2.24) is 0 Å². The van der Waals surface area contributed by atoms with Gasteiger partial charge in [-0.1, -0.05) is 37.6 Å². The van der Waals surface area contributed by atoms with Gasteiger partial charge in [0.1, 0.15) is 0 Å². The van der Waals surface area contributed by atoms with Gasteiger partial charge >= 0.3 is 0 Å². The van der Waals surface area contributed by atoms with Crippen LogP contribution in [0, 0.1) is 0 Å². The van der Waals surface area contributed by atoms with Gasteiger partial charge in [0.2, 0.25) is 0 Å². The highest BCUT2D eigenvalue weighted by Crippen LogP contribution is 2.36. The third-order valence-electron chi connectivity index (χ3n) is 3.89. The van der Waals surface area contributed by atoms with Crippen LogP contribution >= 0.6 is 0 Å². The smallest absolute Gasteiger partial charge is 0.0619 e. The summed E-state index contributed by atoms with van der Waals surface area (Å²) in [7, 11) is 0. The molecule has 17 heavy (non-hydrogen) atoms. The van der Waals surface area contributed by atoms with Gasteiger partial charge in [-0.15, -0.1) is 0 Å². The lowest BCUT2D eigenvalue weighted by Gasteiger charge is -2.24. The van der Waals surface area contributed by atoms with Crippen LogP contribution in [0.3, 0.4) is 0 Å². The number of ether oxygens (including phenoxy) is 1. The Balaban J connectivity index is 2.00. The van der Waals surface area contributed by atoms with Crippen molar-refractivity contribution in [1.29, 1.82) is 0 Å². The van der Waals surface area contributed by atoms with Crippen molar-refractivity contribution < 1.29 is 4.74 Å². The van der Waals surface area contributed by atoms with Gasteiger partial charge in [-0.2, -0.15) is 0 Å². The lowest BCUT2D eigenvalue weighted by Crippen LogP contribution is -2.22. The second-order valence-corrected chi connectivity index (χ2v) is 5.28. The first-order valence-electron chi connectivity index (χ1n) is 6.95. The summed E-state index contributed by atoms with van der Waals surface area (Å²) in [5, 5.41) is 0. The van der Waals surface area contributed by atoms with Gasteiger partial charge in [0.05, 0.1) is 12.2 Å². The van der Waals surface area contributed by atoms with E-state index in [-0.39, 0.29) is 0 Å². The molecule has 1 aromatic carbocycles. The van der Waals surface area contributed by atoms with Gasteiger partial charge in [0.15, 0.2) is 0 Å². The molecule has 0 amide bonds. The summed E-state index contributed by atoms with van der Waals surface area (Å²) in [6.07, 6.45) is 5.58. The number of hydrogen-bond donors (Lipinski definition) is 0. The van der Waals surface area contributed by atoms with Gasteiger partial charge in [-0.3, -0.25) is 0 Å². The molecule has 0 heterocycles. The molecule has 0 radical (unpaired) electrons. The van der Waals surface area contributed by atoms with E-state index in [1.165, 1.54) is 36.8 Å². The Morgan fingerprint density at radius 3 is 2.82 bits per heavy atom. The highest BCUT2D eigenvalue weighted by molar-refractivity contribution is 5.35. The Morgan fingerprint density at radius 2 is 2.06 bits per heavy atom. The van der Waals surface area contributed by atoms with E-state index in [0.717, 1.165) is 0 Å². The molecule has 0 aliphatic heterocycles. The third-order valence-corrected chi connectivity index (χ3v) is 3.89. The first-order valence-corrected chi connectivity index (χ1v) is 6.95. The van der Waals surface area contributed by atoms with Crippen molar-refractivity contribution in [3.8, 4) is 0 Å². The maximum absolute atomic E-state index is 6.13. The minimum absolute atomic E-state index is 0.347. The molecule has 0 fully saturated rings. The topological polar surface area (TPSA) is 9.23 Å². The van der Waals surface area contributed by atoms with Crippen LogP contribution in [0.15, 0.2) is 24.3 Å². The fourth-order valence-electron chi connectivity index (χ4n) is 3.01. The van der Waals surface area contributed by atoms with E-state index in [2.05, 4.69) is 45.0 Å². The standard InChI is InChI=1S/C16H24O/c1-4-7-12(2)17-13(3)15-11-10-14-8-5-6-9-16(14)15/h5-6,8-9,12-13,15H,4,7,10-11H2,1-3H3. The van der Waals surface area contributed by atoms with E-state index in [1.807, 2.05) is 0 Å². The molecular weight excluding hydrogens is 208 g/mol. The lowest BCUT2D eigenvalue weighted by atomic mass is 9.96. The van der Waals surface area contributed by atoms with E-state index in [1.54, 1.807) is 0 Å². The highest BCUT2D eigenvalue weighted by atomic mass is 16.5. The first-order chi connectivity index (χ1) is 8.22. The average molecular weight is 232 g/mol. The summed E-state index contributed by atoms with van der Waals surface area (Å²) in [4.78, 5) is 0. The number of hydrogen-bond acceptors (Lipinski definition) is 1. The zero-order valence-corrected chi connectivity index (χ0v) is 11.3. The maximum Gasteiger partial charge on any atom is 0.0619 e. The Bertz CT molecular complexity index is 358. The van der Waals surface area contributed by atoms with Crippen LogP contribution < -0.4 is 0 Å². The van der Waals surface area contributed by atoms with Crippen molar-refractivity contribution in [2.75, 3.05) is 0 Å². The number of fused-ring (bicyclic) bond motifs is 1. The first kappa shape index (κ1) is 12.6. The largest absolute Gasteiger partial charge is 0.375 e. The molecule has 2 rings (SSSR count). The Hall–Kier alpha value is -0.820. The minimum atomic E-state index is 0.347. The molecule has 94 valence electrons. The third kappa shape index (κ3) is 2.90. The van der Waals surface area contributed by atoms with Crippen LogP contribution in [0.25, 0.3) is 0 Å². The normalized spacial score (nSPS) is 22.2. The van der Waals surface area contributed by atoms with Crippen LogP contribution in [-0.2, 0) is 11.2 Å². The Kier molecular flexibility index (Phi) is 4.22. The van der Waals surface area contributed by atoms with Crippen LogP contribution in [0.1, 0.15) is 57.1 Å². The number of rotatable bonds is 5. The molecular formula is C16H24O. The molecule has 0 aromatic heterocycles. The van der Waals surface area contributed by atoms with E-state index < -0.39 is 0 Å². The molecule has 0 spiro atoms. The molecule has 1 aliphatic rings. The van der Waals surface area contributed by atoms with Crippen LogP contribution in [0.4, 0.5) is 0 Å². The quantitative estimate of drug-likeness (QED) is 0.735. The van der Waals surface area contributed by atoms with Crippen LogP contribution in [-0.4, -0.2) is 12.2 Å². The Labute approximate surface area is 105 Å². The fourth-order valence-corrected chi connectivity index (χ4v) is 3.01.